The summed E-state index contributed by atoms with van der Waals surface area (Å²) < 4.78 is 7.07. The van der Waals surface area contributed by atoms with Crippen LogP contribution in [-0.4, -0.2) is 12.6 Å². The molecule has 0 radical (unpaired) electrons. The van der Waals surface area contributed by atoms with Crippen molar-refractivity contribution in [3.05, 3.63) is 63.1 Å². The minimum atomic E-state index is 0.191. The molecule has 0 aliphatic carbocycles. The predicted molar refractivity (Wildman–Crippen MR) is 90.1 cm³/mol. The average Bonchev–Trinajstić information content (AvgIpc) is 2.86. The molecule has 4 heteroatoms. The highest BCUT2D eigenvalue weighted by Gasteiger charge is 2.23. The first-order chi connectivity index (χ1) is 10.1. The molecule has 0 amide bonds. The van der Waals surface area contributed by atoms with E-state index < -0.39 is 0 Å². The second-order valence-electron chi connectivity index (χ2n) is 5.38. The lowest BCUT2D eigenvalue weighted by Crippen LogP contribution is -2.31. The number of hydrogen-bond acceptors (Lipinski definition) is 2. The molecule has 1 unspecified atom stereocenters. The topological polar surface area (TPSA) is 21.3 Å². The van der Waals surface area contributed by atoms with Crippen molar-refractivity contribution in [3.63, 3.8) is 0 Å². The first-order valence-electron chi connectivity index (χ1n) is 7.06. The van der Waals surface area contributed by atoms with Gasteiger partial charge in [0.25, 0.3) is 0 Å². The molecule has 1 heterocycles. The van der Waals surface area contributed by atoms with Gasteiger partial charge in [0.15, 0.2) is 0 Å². The van der Waals surface area contributed by atoms with Gasteiger partial charge < -0.3 is 10.1 Å². The molecule has 21 heavy (non-hydrogen) atoms. The maximum absolute atomic E-state index is 6.03. The molecule has 2 aromatic rings. The molecule has 0 aromatic heterocycles. The highest BCUT2D eigenvalue weighted by atomic mass is 79.9. The summed E-state index contributed by atoms with van der Waals surface area (Å²) in [4.78, 5) is 0. The van der Waals surface area contributed by atoms with Gasteiger partial charge in [0.05, 0.1) is 0 Å². The number of hydrogen-bond donors (Lipinski definition) is 1. The molecule has 2 nitrogen and oxygen atoms in total. The molecule has 0 bridgehead atoms. The van der Waals surface area contributed by atoms with Crippen molar-refractivity contribution in [1.82, 2.24) is 5.32 Å². The number of nitrogens with one attached hydrogen (secondary N) is 1. The quantitative estimate of drug-likeness (QED) is 0.842. The Labute approximate surface area is 138 Å². The zero-order chi connectivity index (χ0) is 14.8. The van der Waals surface area contributed by atoms with E-state index in [1.54, 1.807) is 0 Å². The monoisotopic (exact) mass is 365 g/mol. The largest absolute Gasteiger partial charge is 0.488 e. The highest BCUT2D eigenvalue weighted by Crippen LogP contribution is 2.31. The third-order valence-electron chi connectivity index (χ3n) is 3.76. The van der Waals surface area contributed by atoms with Gasteiger partial charge in [-0.1, -0.05) is 39.7 Å². The molecule has 1 N–H and O–H groups in total. The van der Waals surface area contributed by atoms with Crippen molar-refractivity contribution in [2.24, 2.45) is 0 Å². The van der Waals surface area contributed by atoms with E-state index in [4.69, 9.17) is 16.3 Å². The van der Waals surface area contributed by atoms with Crippen molar-refractivity contribution in [1.29, 1.82) is 0 Å². The van der Waals surface area contributed by atoms with Crippen molar-refractivity contribution in [2.75, 3.05) is 6.54 Å². The molecular weight excluding hydrogens is 350 g/mol. The molecule has 1 aliphatic rings. The maximum atomic E-state index is 6.03. The van der Waals surface area contributed by atoms with Crippen LogP contribution >= 0.6 is 27.5 Å². The molecule has 0 fully saturated rings. The SMILES string of the molecule is C[C@@H](NCC1Cc2cc(Br)ccc2O1)c1cccc(Cl)c1. The second-order valence-corrected chi connectivity index (χ2v) is 6.73. The summed E-state index contributed by atoms with van der Waals surface area (Å²) >= 11 is 9.54. The van der Waals surface area contributed by atoms with E-state index >= 15 is 0 Å². The van der Waals surface area contributed by atoms with Gasteiger partial charge in [0.1, 0.15) is 11.9 Å². The third kappa shape index (κ3) is 3.60. The van der Waals surface area contributed by atoms with Crippen LogP contribution in [0.4, 0.5) is 0 Å². The maximum Gasteiger partial charge on any atom is 0.123 e. The summed E-state index contributed by atoms with van der Waals surface area (Å²) in [6.07, 6.45) is 1.14. The molecule has 2 aromatic carbocycles. The van der Waals surface area contributed by atoms with Gasteiger partial charge in [-0.3, -0.25) is 0 Å². The van der Waals surface area contributed by atoms with Gasteiger partial charge in [-0.2, -0.15) is 0 Å². The van der Waals surface area contributed by atoms with Crippen LogP contribution in [0.1, 0.15) is 24.1 Å². The van der Waals surface area contributed by atoms with Gasteiger partial charge >= 0.3 is 0 Å². The Balaban J connectivity index is 1.57. The Bertz CT molecular complexity index is 646. The van der Waals surface area contributed by atoms with E-state index in [1.807, 2.05) is 30.3 Å². The number of halogens is 2. The lowest BCUT2D eigenvalue weighted by Gasteiger charge is -2.18. The molecule has 110 valence electrons. The molecule has 3 rings (SSSR count). The zero-order valence-corrected chi connectivity index (χ0v) is 14.1. The van der Waals surface area contributed by atoms with Crippen LogP contribution in [0.15, 0.2) is 46.9 Å². The minimum Gasteiger partial charge on any atom is -0.488 e. The normalized spacial score (nSPS) is 18.1. The van der Waals surface area contributed by atoms with Gasteiger partial charge in [0, 0.05) is 28.5 Å². The van der Waals surface area contributed by atoms with Crippen molar-refractivity contribution >= 4 is 27.5 Å². The van der Waals surface area contributed by atoms with Gasteiger partial charge in [-0.25, -0.2) is 0 Å². The molecule has 0 spiro atoms. The van der Waals surface area contributed by atoms with E-state index in [0.29, 0.717) is 0 Å². The highest BCUT2D eigenvalue weighted by molar-refractivity contribution is 9.10. The third-order valence-corrected chi connectivity index (χ3v) is 4.49. The molecule has 1 aliphatic heterocycles. The van der Waals surface area contributed by atoms with Crippen LogP contribution in [0, 0.1) is 0 Å². The Kier molecular flexibility index (Phi) is 4.53. The molecular formula is C17H17BrClNO. The Morgan fingerprint density at radius 2 is 2.19 bits per heavy atom. The van der Waals surface area contributed by atoms with E-state index in [2.05, 4.69) is 40.3 Å². The minimum absolute atomic E-state index is 0.191. The lowest BCUT2D eigenvalue weighted by molar-refractivity contribution is 0.222. The van der Waals surface area contributed by atoms with Gasteiger partial charge in [-0.05, 0) is 48.4 Å². The summed E-state index contributed by atoms with van der Waals surface area (Å²) in [5.74, 6) is 1.00. The first kappa shape index (κ1) is 14.9. The number of benzene rings is 2. The van der Waals surface area contributed by atoms with Crippen LogP contribution in [0.2, 0.25) is 5.02 Å². The summed E-state index contributed by atoms with van der Waals surface area (Å²) in [5.41, 5.74) is 2.47. The number of fused-ring (bicyclic) bond motifs is 1. The Morgan fingerprint density at radius 1 is 1.33 bits per heavy atom. The standard InChI is InChI=1S/C17H17BrClNO/c1-11(12-3-2-4-15(19)8-12)20-10-16-9-13-7-14(18)5-6-17(13)21-16/h2-8,11,16,20H,9-10H2,1H3/t11-,16?/m1/s1. The van der Waals surface area contributed by atoms with Crippen LogP contribution in [0.25, 0.3) is 0 Å². The van der Waals surface area contributed by atoms with Crippen LogP contribution in [0.5, 0.6) is 5.75 Å². The van der Waals surface area contributed by atoms with Crippen molar-refractivity contribution in [3.8, 4) is 5.75 Å². The molecule has 0 saturated carbocycles. The van der Waals surface area contributed by atoms with Gasteiger partial charge in [0.2, 0.25) is 0 Å². The van der Waals surface area contributed by atoms with Crippen LogP contribution in [0.3, 0.4) is 0 Å². The second kappa shape index (κ2) is 6.39. The lowest BCUT2D eigenvalue weighted by atomic mass is 10.1. The van der Waals surface area contributed by atoms with E-state index in [-0.39, 0.29) is 12.1 Å². The number of ether oxygens (including phenoxy) is 1. The number of rotatable bonds is 4. The van der Waals surface area contributed by atoms with Crippen LogP contribution < -0.4 is 10.1 Å². The smallest absolute Gasteiger partial charge is 0.123 e. The zero-order valence-electron chi connectivity index (χ0n) is 11.8. The summed E-state index contributed by atoms with van der Waals surface area (Å²) in [6.45, 7) is 2.96. The van der Waals surface area contributed by atoms with Crippen LogP contribution in [-0.2, 0) is 6.42 Å². The average molecular weight is 367 g/mol. The fraction of sp³-hybridized carbons (Fsp3) is 0.294. The first-order valence-corrected chi connectivity index (χ1v) is 8.23. The Morgan fingerprint density at radius 3 is 3.00 bits per heavy atom. The van der Waals surface area contributed by atoms with E-state index in [0.717, 1.165) is 28.2 Å². The van der Waals surface area contributed by atoms with E-state index in [1.165, 1.54) is 11.1 Å². The Hall–Kier alpha value is -1.03. The van der Waals surface area contributed by atoms with Crippen molar-refractivity contribution < 1.29 is 4.74 Å². The summed E-state index contributed by atoms with van der Waals surface area (Å²) in [7, 11) is 0. The van der Waals surface area contributed by atoms with Crippen molar-refractivity contribution in [2.45, 2.75) is 25.5 Å². The summed E-state index contributed by atoms with van der Waals surface area (Å²) in [6, 6.07) is 14.4. The fourth-order valence-corrected chi connectivity index (χ4v) is 3.21. The summed E-state index contributed by atoms with van der Waals surface area (Å²) in [5, 5.41) is 4.30. The van der Waals surface area contributed by atoms with E-state index in [9.17, 15) is 0 Å². The fourth-order valence-electron chi connectivity index (χ4n) is 2.60. The molecule has 0 saturated heterocycles. The predicted octanol–water partition coefficient (Wildman–Crippen LogP) is 4.76. The van der Waals surface area contributed by atoms with Gasteiger partial charge in [-0.15, -0.1) is 0 Å². The molecule has 2 atom stereocenters.